The lowest BCUT2D eigenvalue weighted by Crippen LogP contribution is -2.83. The minimum absolute atomic E-state index is 0.274. The van der Waals surface area contributed by atoms with Gasteiger partial charge in [0.15, 0.2) is 11.5 Å². The van der Waals surface area contributed by atoms with Crippen LogP contribution in [0.25, 0.3) is 11.2 Å². The van der Waals surface area contributed by atoms with E-state index >= 15 is 0 Å². The van der Waals surface area contributed by atoms with Crippen molar-refractivity contribution in [3.8, 4) is 0 Å². The number of H-pyrrole nitrogens is 1. The predicted octanol–water partition coefficient (Wildman–Crippen LogP) is -0.215. The van der Waals surface area contributed by atoms with Crippen LogP contribution in [0.4, 0.5) is 0 Å². The van der Waals surface area contributed by atoms with Gasteiger partial charge < -0.3 is 10.3 Å². The van der Waals surface area contributed by atoms with E-state index < -0.39 is 0 Å². The summed E-state index contributed by atoms with van der Waals surface area (Å²) in [5.74, 6) is 0.682. The van der Waals surface area contributed by atoms with Gasteiger partial charge in [0.25, 0.3) is 5.56 Å². The lowest BCUT2D eigenvalue weighted by molar-refractivity contribution is -0.708. The van der Waals surface area contributed by atoms with E-state index in [0.29, 0.717) is 23.5 Å². The minimum atomic E-state index is -0.373. The van der Waals surface area contributed by atoms with Crippen molar-refractivity contribution in [1.29, 1.82) is 0 Å². The van der Waals surface area contributed by atoms with Gasteiger partial charge >= 0.3 is 5.69 Å². The van der Waals surface area contributed by atoms with E-state index in [0.717, 1.165) is 4.57 Å². The molecule has 2 aromatic heterocycles. The molecule has 3 rings (SSSR count). The van der Waals surface area contributed by atoms with Gasteiger partial charge in [-0.3, -0.25) is 13.9 Å². The van der Waals surface area contributed by atoms with E-state index in [9.17, 15) is 9.59 Å². The number of aromatic nitrogens is 4. The topological polar surface area (TPSA) is 89.3 Å². The molecule has 120 valence electrons. The summed E-state index contributed by atoms with van der Waals surface area (Å²) in [6.07, 6.45) is 0. The Kier molecular flexibility index (Phi) is 3.87. The average Bonchev–Trinajstić information content (AvgIpc) is 3.01. The number of aryl methyl sites for hydroxylation is 1. The molecule has 23 heavy (non-hydrogen) atoms. The quantitative estimate of drug-likeness (QED) is 0.698. The van der Waals surface area contributed by atoms with E-state index in [1.54, 1.807) is 7.05 Å². The van der Waals surface area contributed by atoms with Crippen LogP contribution in [0, 0.1) is 0 Å². The van der Waals surface area contributed by atoms with Crippen molar-refractivity contribution in [1.82, 2.24) is 19.1 Å². The zero-order chi connectivity index (χ0) is 16.6. The molecule has 0 radical (unpaired) electrons. The molecule has 0 amide bonds. The van der Waals surface area contributed by atoms with Crippen LogP contribution in [-0.2, 0) is 20.6 Å². The van der Waals surface area contributed by atoms with Gasteiger partial charge in [0, 0.05) is 19.7 Å². The van der Waals surface area contributed by atoms with E-state index in [-0.39, 0.29) is 17.3 Å². The van der Waals surface area contributed by atoms with Crippen LogP contribution in [0.1, 0.15) is 24.4 Å². The minimum Gasteiger partial charge on any atom is -0.334 e. The fraction of sp³-hybridized carbons (Fsp3) is 0.312. The molecule has 7 nitrogen and oxygen atoms in total. The lowest BCUT2D eigenvalue weighted by atomic mass is 10.1. The van der Waals surface area contributed by atoms with Gasteiger partial charge in [-0.25, -0.2) is 9.78 Å². The molecule has 2 heterocycles. The Bertz CT molecular complexity index is 952. The Morgan fingerprint density at radius 1 is 1.17 bits per heavy atom. The Morgan fingerprint density at radius 3 is 2.57 bits per heavy atom. The zero-order valence-corrected chi connectivity index (χ0v) is 13.4. The van der Waals surface area contributed by atoms with E-state index in [1.807, 2.05) is 18.2 Å². The SMILES string of the molecule is C[C@@H]([NH2+]Cc1nc2c([nH]1)c(=O)n(C)c(=O)n2C)c1ccccc1. The highest BCUT2D eigenvalue weighted by molar-refractivity contribution is 5.69. The molecule has 7 heteroatoms. The third-order valence-corrected chi connectivity index (χ3v) is 4.13. The summed E-state index contributed by atoms with van der Waals surface area (Å²) in [5.41, 5.74) is 1.27. The second-order valence-electron chi connectivity index (χ2n) is 5.73. The number of hydrogen-bond donors (Lipinski definition) is 2. The predicted molar refractivity (Wildman–Crippen MR) is 87.1 cm³/mol. The van der Waals surface area contributed by atoms with Gasteiger partial charge in [0.05, 0.1) is 0 Å². The molecule has 0 bridgehead atoms. The van der Waals surface area contributed by atoms with Crippen molar-refractivity contribution >= 4 is 11.2 Å². The van der Waals surface area contributed by atoms with Gasteiger partial charge in [0.2, 0.25) is 0 Å². The Balaban J connectivity index is 1.88. The van der Waals surface area contributed by atoms with Crippen molar-refractivity contribution in [3.05, 3.63) is 62.6 Å². The van der Waals surface area contributed by atoms with Crippen LogP contribution in [0.5, 0.6) is 0 Å². The number of quaternary nitrogens is 1. The summed E-state index contributed by atoms with van der Waals surface area (Å²) in [7, 11) is 3.08. The molecule has 0 fully saturated rings. The lowest BCUT2D eigenvalue weighted by Gasteiger charge is -2.09. The third-order valence-electron chi connectivity index (χ3n) is 4.13. The standard InChI is InChI=1S/C16H19N5O2/c1-10(11-7-5-4-6-8-11)17-9-12-18-13-14(19-12)20(2)16(23)21(3)15(13)22/h4-8,10,17H,9H2,1-3H3,(H,18,19)/p+1/t10-/m1/s1. The number of nitrogens with zero attached hydrogens (tertiary/aromatic N) is 3. The second kappa shape index (κ2) is 5.85. The summed E-state index contributed by atoms with van der Waals surface area (Å²) in [5, 5.41) is 2.13. The second-order valence-corrected chi connectivity index (χ2v) is 5.73. The van der Waals surface area contributed by atoms with Crippen molar-refractivity contribution in [3.63, 3.8) is 0 Å². The maximum atomic E-state index is 12.1. The Morgan fingerprint density at radius 2 is 1.87 bits per heavy atom. The number of fused-ring (bicyclic) bond motifs is 1. The number of hydrogen-bond acceptors (Lipinski definition) is 3. The first kappa shape index (κ1) is 15.2. The molecule has 0 saturated carbocycles. The number of nitrogens with one attached hydrogen (secondary N) is 1. The van der Waals surface area contributed by atoms with E-state index in [1.165, 1.54) is 17.2 Å². The molecule has 3 N–H and O–H groups in total. The fourth-order valence-corrected chi connectivity index (χ4v) is 2.65. The summed E-state index contributed by atoms with van der Waals surface area (Å²) in [6, 6.07) is 10.5. The van der Waals surface area contributed by atoms with Crippen LogP contribution >= 0.6 is 0 Å². The molecular weight excluding hydrogens is 294 g/mol. The van der Waals surface area contributed by atoms with Crippen LogP contribution < -0.4 is 16.6 Å². The fourth-order valence-electron chi connectivity index (χ4n) is 2.65. The summed E-state index contributed by atoms with van der Waals surface area (Å²) < 4.78 is 2.47. The Labute approximate surface area is 132 Å². The van der Waals surface area contributed by atoms with Crippen molar-refractivity contribution in [2.24, 2.45) is 14.1 Å². The van der Waals surface area contributed by atoms with Gasteiger partial charge in [-0.2, -0.15) is 0 Å². The van der Waals surface area contributed by atoms with Crippen LogP contribution in [0.2, 0.25) is 0 Å². The molecule has 0 aliphatic heterocycles. The Hall–Kier alpha value is -2.67. The third kappa shape index (κ3) is 2.70. The van der Waals surface area contributed by atoms with Crippen LogP contribution in [0.15, 0.2) is 39.9 Å². The van der Waals surface area contributed by atoms with Gasteiger partial charge in [0.1, 0.15) is 18.1 Å². The molecule has 0 spiro atoms. The summed E-state index contributed by atoms with van der Waals surface area (Å²) >= 11 is 0. The first-order chi connectivity index (χ1) is 11.0. The summed E-state index contributed by atoms with van der Waals surface area (Å²) in [6.45, 7) is 2.72. The molecular formula is C16H20N5O2+. The molecule has 3 aromatic rings. The summed E-state index contributed by atoms with van der Waals surface area (Å²) in [4.78, 5) is 31.5. The number of aromatic amines is 1. The van der Waals surface area contributed by atoms with E-state index in [4.69, 9.17) is 0 Å². The highest BCUT2D eigenvalue weighted by atomic mass is 16.2. The number of rotatable bonds is 4. The average molecular weight is 314 g/mol. The highest BCUT2D eigenvalue weighted by Gasteiger charge is 2.15. The van der Waals surface area contributed by atoms with Crippen LogP contribution in [-0.4, -0.2) is 19.1 Å². The van der Waals surface area contributed by atoms with Gasteiger partial charge in [-0.1, -0.05) is 30.3 Å². The molecule has 0 aliphatic rings. The van der Waals surface area contributed by atoms with Gasteiger partial charge in [-0.05, 0) is 6.92 Å². The molecule has 1 aromatic carbocycles. The smallest absolute Gasteiger partial charge is 0.332 e. The molecule has 0 saturated heterocycles. The van der Waals surface area contributed by atoms with Gasteiger partial charge in [-0.15, -0.1) is 0 Å². The normalized spacial score (nSPS) is 12.7. The van der Waals surface area contributed by atoms with Crippen molar-refractivity contribution < 1.29 is 5.32 Å². The largest absolute Gasteiger partial charge is 0.334 e. The molecule has 0 aliphatic carbocycles. The van der Waals surface area contributed by atoms with Crippen molar-refractivity contribution in [2.45, 2.75) is 19.5 Å². The first-order valence-electron chi connectivity index (χ1n) is 7.52. The maximum absolute atomic E-state index is 12.1. The number of nitrogens with two attached hydrogens (primary N) is 1. The number of imidazole rings is 1. The first-order valence-corrected chi connectivity index (χ1v) is 7.52. The van der Waals surface area contributed by atoms with Crippen molar-refractivity contribution in [2.75, 3.05) is 0 Å². The number of benzene rings is 1. The molecule has 1 atom stereocenters. The highest BCUT2D eigenvalue weighted by Crippen LogP contribution is 2.07. The monoisotopic (exact) mass is 314 g/mol. The molecule has 0 unspecified atom stereocenters. The zero-order valence-electron chi connectivity index (χ0n) is 13.4. The maximum Gasteiger partial charge on any atom is 0.332 e. The van der Waals surface area contributed by atoms with Crippen LogP contribution in [0.3, 0.4) is 0 Å². The van der Waals surface area contributed by atoms with E-state index in [2.05, 4.69) is 34.3 Å².